The van der Waals surface area contributed by atoms with E-state index in [1.165, 1.54) is 12.1 Å². The molecule has 0 aliphatic carbocycles. The number of aromatic nitrogens is 1. The van der Waals surface area contributed by atoms with Crippen molar-refractivity contribution in [1.82, 2.24) is 10.3 Å². The fourth-order valence-electron chi connectivity index (χ4n) is 2.31. The highest BCUT2D eigenvalue weighted by atomic mass is 19.1. The lowest BCUT2D eigenvalue weighted by Crippen LogP contribution is -2.24. The fourth-order valence-corrected chi connectivity index (χ4v) is 2.31. The van der Waals surface area contributed by atoms with Crippen LogP contribution in [0.4, 0.5) is 4.39 Å². The van der Waals surface area contributed by atoms with E-state index < -0.39 is 0 Å². The topological polar surface area (TPSA) is 34.2 Å². The monoisotopic (exact) mass is 274 g/mol. The Labute approximate surface area is 118 Å². The highest BCUT2D eigenvalue weighted by Crippen LogP contribution is 2.29. The number of pyridine rings is 1. The minimum Gasteiger partial charge on any atom is -0.495 e. The molecule has 1 unspecified atom stereocenters. The maximum atomic E-state index is 13.3. The molecule has 0 spiro atoms. The second-order valence-corrected chi connectivity index (χ2v) is 4.58. The molecule has 1 aromatic carbocycles. The van der Waals surface area contributed by atoms with Crippen molar-refractivity contribution in [3.05, 3.63) is 59.2 Å². The summed E-state index contributed by atoms with van der Waals surface area (Å²) in [5, 5.41) is 3.39. The zero-order chi connectivity index (χ0) is 14.5. The zero-order valence-electron chi connectivity index (χ0n) is 12.0. The molecule has 0 fully saturated rings. The smallest absolute Gasteiger partial charge is 0.142 e. The Kier molecular flexibility index (Phi) is 4.69. The SMILES string of the molecule is CCNC(c1ccc(F)cc1C)c1ncccc1OC. The summed E-state index contributed by atoms with van der Waals surface area (Å²) in [4.78, 5) is 4.43. The van der Waals surface area contributed by atoms with Gasteiger partial charge in [0.2, 0.25) is 0 Å². The van der Waals surface area contributed by atoms with E-state index in [-0.39, 0.29) is 11.9 Å². The van der Waals surface area contributed by atoms with Crippen molar-refractivity contribution in [2.24, 2.45) is 0 Å². The molecule has 1 aromatic heterocycles. The van der Waals surface area contributed by atoms with Crippen LogP contribution in [0.25, 0.3) is 0 Å². The average molecular weight is 274 g/mol. The summed E-state index contributed by atoms with van der Waals surface area (Å²) in [6, 6.07) is 8.41. The standard InChI is InChI=1S/C16H19FN2O/c1-4-18-15(13-8-7-12(17)10-11(13)2)16-14(20-3)6-5-9-19-16/h5-10,15,18H,4H2,1-3H3. The Hall–Kier alpha value is -1.94. The molecule has 0 bridgehead atoms. The first-order valence-corrected chi connectivity index (χ1v) is 6.65. The van der Waals surface area contributed by atoms with Crippen LogP contribution in [-0.2, 0) is 0 Å². The van der Waals surface area contributed by atoms with Crippen molar-refractivity contribution < 1.29 is 9.13 Å². The van der Waals surface area contributed by atoms with E-state index >= 15 is 0 Å². The van der Waals surface area contributed by atoms with Gasteiger partial charge in [0.25, 0.3) is 0 Å². The lowest BCUT2D eigenvalue weighted by Gasteiger charge is -2.21. The second-order valence-electron chi connectivity index (χ2n) is 4.58. The number of methoxy groups -OCH3 is 1. The van der Waals surface area contributed by atoms with Crippen LogP contribution in [0.2, 0.25) is 0 Å². The molecule has 1 N–H and O–H groups in total. The molecule has 0 saturated carbocycles. The van der Waals surface area contributed by atoms with Gasteiger partial charge < -0.3 is 10.1 Å². The summed E-state index contributed by atoms with van der Waals surface area (Å²) in [5.41, 5.74) is 2.71. The van der Waals surface area contributed by atoms with E-state index in [1.54, 1.807) is 19.4 Å². The number of rotatable bonds is 5. The minimum atomic E-state index is -0.227. The molecule has 1 atom stereocenters. The van der Waals surface area contributed by atoms with Gasteiger partial charge >= 0.3 is 0 Å². The van der Waals surface area contributed by atoms with Crippen LogP contribution < -0.4 is 10.1 Å². The van der Waals surface area contributed by atoms with Gasteiger partial charge in [-0.1, -0.05) is 13.0 Å². The number of aryl methyl sites for hydroxylation is 1. The molecule has 1 heterocycles. The first kappa shape index (κ1) is 14.5. The minimum absolute atomic E-state index is 0.114. The van der Waals surface area contributed by atoms with Crippen LogP contribution in [0.1, 0.15) is 29.8 Å². The quantitative estimate of drug-likeness (QED) is 0.909. The van der Waals surface area contributed by atoms with E-state index in [0.29, 0.717) is 0 Å². The zero-order valence-corrected chi connectivity index (χ0v) is 12.0. The normalized spacial score (nSPS) is 12.2. The Morgan fingerprint density at radius 3 is 2.80 bits per heavy atom. The predicted octanol–water partition coefficient (Wildman–Crippen LogP) is 3.24. The van der Waals surface area contributed by atoms with E-state index in [0.717, 1.165) is 29.1 Å². The summed E-state index contributed by atoms with van der Waals surface area (Å²) in [6.45, 7) is 4.71. The van der Waals surface area contributed by atoms with Crippen LogP contribution in [0.3, 0.4) is 0 Å². The molecule has 3 nitrogen and oxygen atoms in total. The summed E-state index contributed by atoms with van der Waals surface area (Å²) >= 11 is 0. The summed E-state index contributed by atoms with van der Waals surface area (Å²) < 4.78 is 18.7. The molecule has 0 saturated heterocycles. The molecular formula is C16H19FN2O. The number of halogens is 1. The third kappa shape index (κ3) is 2.96. The Balaban J connectivity index is 2.50. The summed E-state index contributed by atoms with van der Waals surface area (Å²) in [5.74, 6) is 0.497. The second kappa shape index (κ2) is 6.48. The van der Waals surface area contributed by atoms with Gasteiger partial charge in [-0.2, -0.15) is 0 Å². The van der Waals surface area contributed by atoms with Crippen molar-refractivity contribution in [3.63, 3.8) is 0 Å². The van der Waals surface area contributed by atoms with Crippen LogP contribution in [0.5, 0.6) is 5.75 Å². The largest absolute Gasteiger partial charge is 0.495 e. The first-order valence-electron chi connectivity index (χ1n) is 6.65. The summed E-state index contributed by atoms with van der Waals surface area (Å²) in [6.07, 6.45) is 1.74. The number of ether oxygens (including phenoxy) is 1. The molecular weight excluding hydrogens is 255 g/mol. The van der Waals surface area contributed by atoms with Crippen LogP contribution in [0, 0.1) is 12.7 Å². The number of nitrogens with zero attached hydrogens (tertiary/aromatic N) is 1. The molecule has 0 amide bonds. The molecule has 106 valence electrons. The third-order valence-corrected chi connectivity index (χ3v) is 3.24. The van der Waals surface area contributed by atoms with Gasteiger partial charge in [0, 0.05) is 6.20 Å². The van der Waals surface area contributed by atoms with Gasteiger partial charge in [0.1, 0.15) is 17.3 Å². The van der Waals surface area contributed by atoms with Gasteiger partial charge in [-0.05, 0) is 48.9 Å². The van der Waals surface area contributed by atoms with Crippen molar-refractivity contribution in [3.8, 4) is 5.75 Å². The number of hydrogen-bond acceptors (Lipinski definition) is 3. The van der Waals surface area contributed by atoms with Gasteiger partial charge in [-0.3, -0.25) is 4.98 Å². The molecule has 0 aliphatic rings. The predicted molar refractivity (Wildman–Crippen MR) is 77.4 cm³/mol. The maximum absolute atomic E-state index is 13.3. The Morgan fingerprint density at radius 1 is 1.35 bits per heavy atom. The Morgan fingerprint density at radius 2 is 2.15 bits per heavy atom. The molecule has 2 aromatic rings. The number of hydrogen-bond donors (Lipinski definition) is 1. The van der Waals surface area contributed by atoms with Crippen molar-refractivity contribution in [2.45, 2.75) is 19.9 Å². The summed E-state index contributed by atoms with van der Waals surface area (Å²) in [7, 11) is 1.63. The highest BCUT2D eigenvalue weighted by molar-refractivity contribution is 5.40. The van der Waals surface area contributed by atoms with Crippen LogP contribution >= 0.6 is 0 Å². The van der Waals surface area contributed by atoms with Gasteiger partial charge in [0.05, 0.1) is 13.2 Å². The van der Waals surface area contributed by atoms with E-state index in [1.807, 2.05) is 26.0 Å². The van der Waals surface area contributed by atoms with Gasteiger partial charge in [-0.25, -0.2) is 4.39 Å². The molecule has 0 radical (unpaired) electrons. The fraction of sp³-hybridized carbons (Fsp3) is 0.312. The van der Waals surface area contributed by atoms with Crippen molar-refractivity contribution in [2.75, 3.05) is 13.7 Å². The Bertz CT molecular complexity index is 586. The molecule has 4 heteroatoms. The van der Waals surface area contributed by atoms with Crippen LogP contribution in [0.15, 0.2) is 36.5 Å². The number of benzene rings is 1. The van der Waals surface area contributed by atoms with Gasteiger partial charge in [-0.15, -0.1) is 0 Å². The molecule has 2 rings (SSSR count). The lowest BCUT2D eigenvalue weighted by atomic mass is 9.97. The highest BCUT2D eigenvalue weighted by Gasteiger charge is 2.20. The van der Waals surface area contributed by atoms with Crippen molar-refractivity contribution >= 4 is 0 Å². The van der Waals surface area contributed by atoms with Crippen LogP contribution in [-0.4, -0.2) is 18.6 Å². The van der Waals surface area contributed by atoms with E-state index in [4.69, 9.17) is 4.74 Å². The average Bonchev–Trinajstić information content (AvgIpc) is 2.45. The van der Waals surface area contributed by atoms with E-state index in [2.05, 4.69) is 10.3 Å². The van der Waals surface area contributed by atoms with Gasteiger partial charge in [0.15, 0.2) is 0 Å². The maximum Gasteiger partial charge on any atom is 0.142 e. The number of nitrogens with one attached hydrogen (secondary N) is 1. The third-order valence-electron chi connectivity index (χ3n) is 3.24. The first-order chi connectivity index (χ1) is 9.67. The van der Waals surface area contributed by atoms with E-state index in [9.17, 15) is 4.39 Å². The van der Waals surface area contributed by atoms with Crippen molar-refractivity contribution in [1.29, 1.82) is 0 Å². The molecule has 0 aliphatic heterocycles. The molecule has 20 heavy (non-hydrogen) atoms. The lowest BCUT2D eigenvalue weighted by molar-refractivity contribution is 0.400.